The molecule has 0 bridgehead atoms. The topological polar surface area (TPSA) is 9.23 Å². The van der Waals surface area contributed by atoms with Crippen LogP contribution in [0.3, 0.4) is 0 Å². The molecule has 0 amide bonds. The van der Waals surface area contributed by atoms with E-state index in [-0.39, 0.29) is 6.10 Å². The van der Waals surface area contributed by atoms with Gasteiger partial charge in [0.15, 0.2) is 0 Å². The van der Waals surface area contributed by atoms with Crippen molar-refractivity contribution < 1.29 is 22.3 Å². The predicted molar refractivity (Wildman–Crippen MR) is 36.7 cm³/mol. The van der Waals surface area contributed by atoms with Gasteiger partial charge in [0.2, 0.25) is 6.17 Å². The Morgan fingerprint density at radius 3 is 2.17 bits per heavy atom. The summed E-state index contributed by atoms with van der Waals surface area (Å²) in [4.78, 5) is 0. The largest absolute Gasteiger partial charge is 0.421 e. The molecule has 0 aliphatic rings. The lowest BCUT2D eigenvalue weighted by atomic mass is 10.3. The van der Waals surface area contributed by atoms with Crippen LogP contribution in [-0.2, 0) is 4.74 Å². The molecule has 2 atom stereocenters. The van der Waals surface area contributed by atoms with E-state index in [1.54, 1.807) is 13.8 Å². The lowest BCUT2D eigenvalue weighted by Gasteiger charge is -2.15. The van der Waals surface area contributed by atoms with Crippen molar-refractivity contribution in [1.29, 1.82) is 0 Å². The molecule has 0 saturated carbocycles. The van der Waals surface area contributed by atoms with Crippen molar-refractivity contribution in [1.82, 2.24) is 0 Å². The molecule has 12 heavy (non-hydrogen) atoms. The third kappa shape index (κ3) is 4.54. The van der Waals surface area contributed by atoms with Crippen LogP contribution in [0.1, 0.15) is 20.3 Å². The molecule has 0 aliphatic heterocycles. The van der Waals surface area contributed by atoms with Crippen LogP contribution in [-0.4, -0.2) is 25.1 Å². The van der Waals surface area contributed by atoms with Crippen molar-refractivity contribution in [2.75, 3.05) is 6.61 Å². The van der Waals surface area contributed by atoms with E-state index in [9.17, 15) is 17.6 Å². The Morgan fingerprint density at radius 1 is 1.33 bits per heavy atom. The smallest absolute Gasteiger partial charge is 0.375 e. The van der Waals surface area contributed by atoms with Gasteiger partial charge in [-0.1, -0.05) is 6.92 Å². The Hall–Kier alpha value is -0.320. The van der Waals surface area contributed by atoms with Gasteiger partial charge in [0, 0.05) is 0 Å². The lowest BCUT2D eigenvalue weighted by molar-refractivity contribution is -0.196. The minimum atomic E-state index is -4.80. The Balaban J connectivity index is 3.64. The van der Waals surface area contributed by atoms with E-state index >= 15 is 0 Å². The fourth-order valence-electron chi connectivity index (χ4n) is 0.461. The van der Waals surface area contributed by atoms with Crippen molar-refractivity contribution in [2.24, 2.45) is 0 Å². The van der Waals surface area contributed by atoms with E-state index in [1.165, 1.54) is 0 Å². The summed E-state index contributed by atoms with van der Waals surface area (Å²) >= 11 is 0. The Morgan fingerprint density at radius 2 is 1.83 bits per heavy atom. The van der Waals surface area contributed by atoms with Crippen molar-refractivity contribution in [3.05, 3.63) is 0 Å². The maximum atomic E-state index is 12.2. The summed E-state index contributed by atoms with van der Waals surface area (Å²) in [6.07, 6.45) is -7.42. The first-order valence-electron chi connectivity index (χ1n) is 3.70. The highest BCUT2D eigenvalue weighted by Crippen LogP contribution is 2.23. The van der Waals surface area contributed by atoms with E-state index in [0.29, 0.717) is 6.42 Å². The first-order chi connectivity index (χ1) is 5.38. The van der Waals surface area contributed by atoms with Gasteiger partial charge in [-0.05, 0) is 13.3 Å². The summed E-state index contributed by atoms with van der Waals surface area (Å²) in [6.45, 7) is 2.45. The molecule has 0 aliphatic carbocycles. The third-order valence-electron chi connectivity index (χ3n) is 1.46. The highest BCUT2D eigenvalue weighted by molar-refractivity contribution is 4.65. The number of ether oxygens (including phenoxy) is 1. The minimum absolute atomic E-state index is 0.328. The van der Waals surface area contributed by atoms with Gasteiger partial charge in [-0.25, -0.2) is 4.39 Å². The molecule has 0 saturated heterocycles. The van der Waals surface area contributed by atoms with E-state index in [2.05, 4.69) is 4.74 Å². The van der Waals surface area contributed by atoms with E-state index in [1.807, 2.05) is 0 Å². The van der Waals surface area contributed by atoms with Crippen LogP contribution >= 0.6 is 0 Å². The van der Waals surface area contributed by atoms with Crippen molar-refractivity contribution in [3.8, 4) is 0 Å². The summed E-state index contributed by atoms with van der Waals surface area (Å²) in [7, 11) is 0. The fourth-order valence-corrected chi connectivity index (χ4v) is 0.461. The van der Waals surface area contributed by atoms with Crippen LogP contribution in [0.25, 0.3) is 0 Å². The molecular formula is C7H12F4O. The molecule has 0 N–H and O–H groups in total. The summed E-state index contributed by atoms with van der Waals surface area (Å²) in [5, 5.41) is 0. The molecule has 1 nitrogen and oxygen atoms in total. The number of rotatable bonds is 4. The first kappa shape index (κ1) is 11.7. The van der Waals surface area contributed by atoms with Crippen LogP contribution < -0.4 is 0 Å². The second-order valence-electron chi connectivity index (χ2n) is 2.56. The van der Waals surface area contributed by atoms with Gasteiger partial charge in [-0.15, -0.1) is 0 Å². The van der Waals surface area contributed by atoms with Gasteiger partial charge < -0.3 is 4.74 Å². The predicted octanol–water partition coefficient (Wildman–Crippen LogP) is 2.70. The van der Waals surface area contributed by atoms with Crippen LogP contribution in [0.2, 0.25) is 0 Å². The summed E-state index contributed by atoms with van der Waals surface area (Å²) in [5.74, 6) is 0. The molecule has 74 valence electrons. The Labute approximate surface area is 68.7 Å². The first-order valence-corrected chi connectivity index (χ1v) is 3.70. The number of hydrogen-bond acceptors (Lipinski definition) is 1. The molecule has 0 spiro atoms. The monoisotopic (exact) mass is 188 g/mol. The van der Waals surface area contributed by atoms with Crippen LogP contribution in [0.5, 0.6) is 0 Å². The SMILES string of the molecule is CCC(C)OCC(F)C(F)(F)F. The zero-order valence-electron chi connectivity index (χ0n) is 6.99. The molecule has 0 radical (unpaired) electrons. The minimum Gasteiger partial charge on any atom is -0.375 e. The third-order valence-corrected chi connectivity index (χ3v) is 1.46. The highest BCUT2D eigenvalue weighted by Gasteiger charge is 2.40. The van der Waals surface area contributed by atoms with Crippen LogP contribution in [0, 0.1) is 0 Å². The van der Waals surface area contributed by atoms with Crippen molar-refractivity contribution in [3.63, 3.8) is 0 Å². The average Bonchev–Trinajstić information content (AvgIpc) is 1.97. The highest BCUT2D eigenvalue weighted by atomic mass is 19.4. The lowest BCUT2D eigenvalue weighted by Crippen LogP contribution is -2.30. The normalized spacial score (nSPS) is 17.5. The molecule has 5 heteroatoms. The van der Waals surface area contributed by atoms with Gasteiger partial charge >= 0.3 is 6.18 Å². The van der Waals surface area contributed by atoms with Gasteiger partial charge in [-0.3, -0.25) is 0 Å². The second kappa shape index (κ2) is 4.64. The van der Waals surface area contributed by atoms with Crippen molar-refractivity contribution in [2.45, 2.75) is 38.7 Å². The zero-order chi connectivity index (χ0) is 9.78. The number of alkyl halides is 4. The van der Waals surface area contributed by atoms with Gasteiger partial charge in [0.25, 0.3) is 0 Å². The zero-order valence-corrected chi connectivity index (χ0v) is 6.99. The van der Waals surface area contributed by atoms with Crippen molar-refractivity contribution >= 4 is 0 Å². The van der Waals surface area contributed by atoms with Crippen LogP contribution in [0.4, 0.5) is 17.6 Å². The molecule has 0 fully saturated rings. The average molecular weight is 188 g/mol. The van der Waals surface area contributed by atoms with Crippen LogP contribution in [0.15, 0.2) is 0 Å². The number of halogens is 4. The summed E-state index contributed by atoms with van der Waals surface area (Å²) < 4.78 is 51.4. The van der Waals surface area contributed by atoms with Gasteiger partial charge in [0.1, 0.15) is 0 Å². The fraction of sp³-hybridized carbons (Fsp3) is 1.00. The summed E-state index contributed by atoms with van der Waals surface area (Å²) in [5.41, 5.74) is 0. The van der Waals surface area contributed by atoms with E-state index in [0.717, 1.165) is 0 Å². The maximum absolute atomic E-state index is 12.2. The Kier molecular flexibility index (Phi) is 4.52. The van der Waals surface area contributed by atoms with E-state index in [4.69, 9.17) is 0 Å². The molecule has 0 aromatic rings. The molecular weight excluding hydrogens is 176 g/mol. The molecule has 0 aromatic carbocycles. The molecule has 0 aromatic heterocycles. The maximum Gasteiger partial charge on any atom is 0.421 e. The quantitative estimate of drug-likeness (QED) is 0.616. The Bertz CT molecular complexity index is 123. The molecule has 0 heterocycles. The standard InChI is InChI=1S/C7H12F4O/c1-3-5(2)12-4-6(8)7(9,10)11/h5-6H,3-4H2,1-2H3. The molecule has 2 unspecified atom stereocenters. The second-order valence-corrected chi connectivity index (χ2v) is 2.56. The molecule has 0 rings (SSSR count). The van der Waals surface area contributed by atoms with Gasteiger partial charge in [0.05, 0.1) is 12.7 Å². The number of hydrogen-bond donors (Lipinski definition) is 0. The summed E-state index contributed by atoms with van der Waals surface area (Å²) in [6, 6.07) is 0. The van der Waals surface area contributed by atoms with Gasteiger partial charge in [-0.2, -0.15) is 13.2 Å². The van der Waals surface area contributed by atoms with E-state index < -0.39 is 19.0 Å².